The average Bonchev–Trinajstić information content (AvgIpc) is 2.16. The van der Waals surface area contributed by atoms with Gasteiger partial charge in [0.1, 0.15) is 11.4 Å². The van der Waals surface area contributed by atoms with Crippen molar-refractivity contribution in [1.82, 2.24) is 0 Å². The number of carbonyl (C=O) groups excluding carboxylic acids is 1. The molecule has 0 spiro atoms. The number of ether oxygens (including phenoxy) is 1. The quantitative estimate of drug-likeness (QED) is 0.394. The lowest BCUT2D eigenvalue weighted by atomic mass is 10.1. The minimum absolute atomic E-state index is 0.122. The lowest BCUT2D eigenvalue weighted by Gasteiger charge is -2.14. The van der Waals surface area contributed by atoms with Crippen molar-refractivity contribution in [2.45, 2.75) is 52.1 Å². The Morgan fingerprint density at radius 2 is 2.08 bits per heavy atom. The third-order valence-electron chi connectivity index (χ3n) is 1.99. The van der Waals surface area contributed by atoms with Crippen LogP contribution >= 0.6 is 15.9 Å². The van der Waals surface area contributed by atoms with E-state index in [4.69, 9.17) is 4.74 Å². The zero-order valence-electron chi connectivity index (χ0n) is 8.51. The molecule has 0 fully saturated rings. The summed E-state index contributed by atoms with van der Waals surface area (Å²) in [6.45, 7) is 4.23. The number of carbonyl (C=O) groups is 1. The summed E-state index contributed by atoms with van der Waals surface area (Å²) in [7, 11) is 0. The van der Waals surface area contributed by atoms with Gasteiger partial charge in [0.25, 0.3) is 0 Å². The van der Waals surface area contributed by atoms with E-state index in [9.17, 15) is 4.79 Å². The SMILES string of the molecule is CCCCCC(CC)OC(=O)CBr. The Labute approximate surface area is 89.2 Å². The van der Waals surface area contributed by atoms with E-state index in [-0.39, 0.29) is 12.1 Å². The second-order valence-corrected chi connectivity index (χ2v) is 3.71. The van der Waals surface area contributed by atoms with Crippen LogP contribution in [0.3, 0.4) is 0 Å². The molecule has 0 aliphatic heterocycles. The highest BCUT2D eigenvalue weighted by Gasteiger charge is 2.10. The van der Waals surface area contributed by atoms with Gasteiger partial charge in [-0.15, -0.1) is 0 Å². The average molecular weight is 251 g/mol. The van der Waals surface area contributed by atoms with E-state index in [0.29, 0.717) is 5.33 Å². The molecule has 0 radical (unpaired) electrons. The Morgan fingerprint density at radius 1 is 1.38 bits per heavy atom. The summed E-state index contributed by atoms with van der Waals surface area (Å²) in [6.07, 6.45) is 5.64. The number of hydrogen-bond donors (Lipinski definition) is 0. The van der Waals surface area contributed by atoms with E-state index in [1.807, 2.05) is 0 Å². The van der Waals surface area contributed by atoms with Crippen molar-refractivity contribution < 1.29 is 9.53 Å². The highest BCUT2D eigenvalue weighted by Crippen LogP contribution is 2.10. The van der Waals surface area contributed by atoms with E-state index in [1.54, 1.807) is 0 Å². The van der Waals surface area contributed by atoms with Gasteiger partial charge in [0, 0.05) is 0 Å². The number of unbranched alkanes of at least 4 members (excludes halogenated alkanes) is 2. The predicted molar refractivity (Wildman–Crippen MR) is 58.1 cm³/mol. The summed E-state index contributed by atoms with van der Waals surface area (Å²) in [5, 5.41) is 0.303. The molecule has 0 rings (SSSR count). The molecule has 0 aromatic carbocycles. The molecule has 78 valence electrons. The van der Waals surface area contributed by atoms with Crippen LogP contribution in [0, 0.1) is 0 Å². The zero-order chi connectivity index (χ0) is 10.1. The molecule has 13 heavy (non-hydrogen) atoms. The molecule has 3 heteroatoms. The van der Waals surface area contributed by atoms with Gasteiger partial charge in [-0.25, -0.2) is 0 Å². The molecule has 0 aromatic heterocycles. The Hall–Kier alpha value is -0.0500. The Balaban J connectivity index is 3.56. The molecule has 2 nitrogen and oxygen atoms in total. The molecule has 0 amide bonds. The Kier molecular flexibility index (Phi) is 8.51. The molecule has 0 bridgehead atoms. The summed E-state index contributed by atoms with van der Waals surface area (Å²) < 4.78 is 5.21. The second-order valence-electron chi connectivity index (χ2n) is 3.15. The molecular formula is C10H19BrO2. The summed E-state index contributed by atoms with van der Waals surface area (Å²) in [4.78, 5) is 10.9. The summed E-state index contributed by atoms with van der Waals surface area (Å²) in [5.74, 6) is -0.150. The third kappa shape index (κ3) is 7.05. The molecule has 0 aromatic rings. The zero-order valence-corrected chi connectivity index (χ0v) is 10.1. The van der Waals surface area contributed by atoms with Crippen molar-refractivity contribution in [3.63, 3.8) is 0 Å². The minimum atomic E-state index is -0.150. The third-order valence-corrected chi connectivity index (χ3v) is 2.45. The van der Waals surface area contributed by atoms with Crippen molar-refractivity contribution >= 4 is 21.9 Å². The normalized spacial score (nSPS) is 12.5. The van der Waals surface area contributed by atoms with Crippen LogP contribution in [0.4, 0.5) is 0 Å². The monoisotopic (exact) mass is 250 g/mol. The van der Waals surface area contributed by atoms with Gasteiger partial charge in [-0.2, -0.15) is 0 Å². The first-order valence-corrected chi connectivity index (χ1v) is 6.12. The highest BCUT2D eigenvalue weighted by molar-refractivity contribution is 9.09. The fourth-order valence-electron chi connectivity index (χ4n) is 1.19. The first-order valence-electron chi connectivity index (χ1n) is 5.00. The van der Waals surface area contributed by atoms with E-state index >= 15 is 0 Å². The van der Waals surface area contributed by atoms with Crippen molar-refractivity contribution in [2.24, 2.45) is 0 Å². The van der Waals surface area contributed by atoms with Gasteiger partial charge in [0.15, 0.2) is 0 Å². The summed E-state index contributed by atoms with van der Waals surface area (Å²) in [6, 6.07) is 0. The topological polar surface area (TPSA) is 26.3 Å². The smallest absolute Gasteiger partial charge is 0.316 e. The van der Waals surface area contributed by atoms with Crippen molar-refractivity contribution in [3.8, 4) is 0 Å². The number of halogens is 1. The maximum Gasteiger partial charge on any atom is 0.316 e. The number of esters is 1. The standard InChI is InChI=1S/C10H19BrO2/c1-3-5-6-7-9(4-2)13-10(12)8-11/h9H,3-8H2,1-2H3. The van der Waals surface area contributed by atoms with E-state index < -0.39 is 0 Å². The van der Waals surface area contributed by atoms with Gasteiger partial charge in [-0.1, -0.05) is 42.6 Å². The van der Waals surface area contributed by atoms with Gasteiger partial charge in [0.05, 0.1) is 0 Å². The molecule has 0 saturated heterocycles. The molecule has 1 atom stereocenters. The van der Waals surface area contributed by atoms with Crippen LogP contribution in [-0.2, 0) is 9.53 Å². The minimum Gasteiger partial charge on any atom is -0.462 e. The van der Waals surface area contributed by atoms with E-state index in [2.05, 4.69) is 29.8 Å². The van der Waals surface area contributed by atoms with Gasteiger partial charge in [-0.3, -0.25) is 4.79 Å². The number of alkyl halides is 1. The summed E-state index contributed by atoms with van der Waals surface area (Å²) >= 11 is 3.08. The number of rotatable bonds is 7. The fourth-order valence-corrected chi connectivity index (χ4v) is 1.32. The lowest BCUT2D eigenvalue weighted by Crippen LogP contribution is -2.18. The largest absolute Gasteiger partial charge is 0.462 e. The van der Waals surface area contributed by atoms with Gasteiger partial charge < -0.3 is 4.74 Å². The van der Waals surface area contributed by atoms with Crippen LogP contribution in [0.1, 0.15) is 46.0 Å². The molecular weight excluding hydrogens is 232 g/mol. The van der Waals surface area contributed by atoms with Crippen LogP contribution in [0.5, 0.6) is 0 Å². The van der Waals surface area contributed by atoms with Crippen LogP contribution in [-0.4, -0.2) is 17.4 Å². The van der Waals surface area contributed by atoms with E-state index in [0.717, 1.165) is 19.3 Å². The molecule has 0 saturated carbocycles. The van der Waals surface area contributed by atoms with Crippen LogP contribution in [0.2, 0.25) is 0 Å². The van der Waals surface area contributed by atoms with Gasteiger partial charge >= 0.3 is 5.97 Å². The van der Waals surface area contributed by atoms with E-state index in [1.165, 1.54) is 12.8 Å². The van der Waals surface area contributed by atoms with Gasteiger partial charge in [-0.05, 0) is 19.3 Å². The first-order chi connectivity index (χ1) is 6.24. The highest BCUT2D eigenvalue weighted by atomic mass is 79.9. The van der Waals surface area contributed by atoms with Crippen molar-refractivity contribution in [3.05, 3.63) is 0 Å². The van der Waals surface area contributed by atoms with Gasteiger partial charge in [0.2, 0.25) is 0 Å². The Bertz CT molecular complexity index is 137. The first kappa shape index (κ1) is 12.9. The number of hydrogen-bond acceptors (Lipinski definition) is 2. The predicted octanol–water partition coefficient (Wildman–Crippen LogP) is 3.28. The molecule has 0 heterocycles. The van der Waals surface area contributed by atoms with Crippen LogP contribution < -0.4 is 0 Å². The molecule has 1 unspecified atom stereocenters. The van der Waals surface area contributed by atoms with Crippen molar-refractivity contribution in [2.75, 3.05) is 5.33 Å². The molecule has 0 N–H and O–H groups in total. The van der Waals surface area contributed by atoms with Crippen LogP contribution in [0.25, 0.3) is 0 Å². The Morgan fingerprint density at radius 3 is 2.54 bits per heavy atom. The second kappa shape index (κ2) is 8.54. The summed E-state index contributed by atoms with van der Waals surface area (Å²) in [5.41, 5.74) is 0. The lowest BCUT2D eigenvalue weighted by molar-refractivity contribution is -0.146. The van der Waals surface area contributed by atoms with Crippen molar-refractivity contribution in [1.29, 1.82) is 0 Å². The molecule has 0 aliphatic rings. The maximum atomic E-state index is 10.9. The molecule has 0 aliphatic carbocycles. The fraction of sp³-hybridized carbons (Fsp3) is 0.900. The maximum absolute atomic E-state index is 10.9. The van der Waals surface area contributed by atoms with Crippen LogP contribution in [0.15, 0.2) is 0 Å².